The Morgan fingerprint density at radius 2 is 2.05 bits per heavy atom. The van der Waals surface area contributed by atoms with Crippen molar-refractivity contribution >= 4 is 27.9 Å². The summed E-state index contributed by atoms with van der Waals surface area (Å²) in [7, 11) is 3.05. The lowest BCUT2D eigenvalue weighted by atomic mass is 10.1. The Morgan fingerprint density at radius 1 is 1.24 bits per heavy atom. The molecule has 0 N–H and O–H groups in total. The Hall–Kier alpha value is -2.19. The number of methoxy groups -OCH3 is 2. The van der Waals surface area contributed by atoms with Gasteiger partial charge < -0.3 is 9.47 Å². The van der Waals surface area contributed by atoms with Crippen LogP contribution in [0.15, 0.2) is 23.0 Å². The molecule has 2 aromatic heterocycles. The van der Waals surface area contributed by atoms with E-state index in [1.54, 1.807) is 25.3 Å². The maximum absolute atomic E-state index is 12.4. The summed E-state index contributed by atoms with van der Waals surface area (Å²) in [5, 5.41) is 11.8. The zero-order valence-electron chi connectivity index (χ0n) is 11.0. The van der Waals surface area contributed by atoms with E-state index in [2.05, 4.69) is 15.3 Å². The van der Waals surface area contributed by atoms with Crippen LogP contribution < -0.4 is 15.0 Å². The van der Waals surface area contributed by atoms with Gasteiger partial charge in [0.2, 0.25) is 9.43 Å². The Kier molecular flexibility index (Phi) is 3.48. The minimum Gasteiger partial charge on any atom is -0.497 e. The van der Waals surface area contributed by atoms with Gasteiger partial charge in [-0.2, -0.15) is 4.52 Å². The molecule has 0 bridgehead atoms. The van der Waals surface area contributed by atoms with Crippen molar-refractivity contribution in [2.45, 2.75) is 0 Å². The van der Waals surface area contributed by atoms with Crippen LogP contribution in [-0.4, -0.2) is 34.0 Å². The summed E-state index contributed by atoms with van der Waals surface area (Å²) in [6.45, 7) is 0. The average Bonchev–Trinajstić information content (AvgIpc) is 2.89. The fraction of sp³-hybridized carbons (Fsp3) is 0.167. The lowest BCUT2D eigenvalue weighted by molar-refractivity contribution is 0.395. The minimum absolute atomic E-state index is 0.133. The molecule has 3 aromatic rings. The van der Waals surface area contributed by atoms with E-state index in [0.717, 1.165) is 15.9 Å². The summed E-state index contributed by atoms with van der Waals surface area (Å²) in [6, 6.07) is 5.06. The molecule has 0 aliphatic rings. The number of aromatic nitrogens is 4. The van der Waals surface area contributed by atoms with Crippen LogP contribution in [-0.2, 0) is 0 Å². The highest BCUT2D eigenvalue weighted by atomic mass is 35.5. The molecule has 108 valence electrons. The number of nitrogens with zero attached hydrogens (tertiary/aromatic N) is 4. The number of hydrogen-bond donors (Lipinski definition) is 0. The van der Waals surface area contributed by atoms with Gasteiger partial charge in [0.25, 0.3) is 0 Å². The molecule has 0 amide bonds. The van der Waals surface area contributed by atoms with Gasteiger partial charge in [-0.25, -0.2) is 0 Å². The Morgan fingerprint density at radius 3 is 2.76 bits per heavy atom. The highest BCUT2D eigenvalue weighted by Crippen LogP contribution is 2.30. The van der Waals surface area contributed by atoms with Crippen molar-refractivity contribution < 1.29 is 9.47 Å². The van der Waals surface area contributed by atoms with Crippen LogP contribution in [0.2, 0.25) is 4.47 Å². The van der Waals surface area contributed by atoms with E-state index >= 15 is 0 Å². The molecule has 0 aliphatic heterocycles. The summed E-state index contributed by atoms with van der Waals surface area (Å²) in [6.07, 6.45) is 0. The molecule has 0 unspecified atom stereocenters. The molecular weight excluding hydrogens is 316 g/mol. The molecule has 21 heavy (non-hydrogen) atoms. The Bertz CT molecular complexity index is 877. The fourth-order valence-electron chi connectivity index (χ4n) is 1.85. The van der Waals surface area contributed by atoms with Crippen LogP contribution in [0.5, 0.6) is 11.5 Å². The minimum atomic E-state index is -0.411. The summed E-state index contributed by atoms with van der Waals surface area (Å²) < 4.78 is 11.7. The quantitative estimate of drug-likeness (QED) is 0.732. The van der Waals surface area contributed by atoms with Crippen molar-refractivity contribution in [3.63, 3.8) is 0 Å². The number of fused-ring (bicyclic) bond motifs is 1. The predicted octanol–water partition coefficient (Wildman–Crippen LogP) is 1.88. The van der Waals surface area contributed by atoms with Crippen LogP contribution in [0.25, 0.3) is 16.2 Å². The first-order valence-corrected chi connectivity index (χ1v) is 6.98. The molecule has 9 heteroatoms. The third-order valence-corrected chi connectivity index (χ3v) is 3.82. The van der Waals surface area contributed by atoms with E-state index in [-0.39, 0.29) is 10.2 Å². The number of hydrogen-bond acceptors (Lipinski definition) is 7. The summed E-state index contributed by atoms with van der Waals surface area (Å²) in [5.74, 6) is 1.07. The average molecular weight is 325 g/mol. The van der Waals surface area contributed by atoms with E-state index in [4.69, 9.17) is 21.1 Å². The first kappa shape index (κ1) is 13.8. The van der Waals surface area contributed by atoms with Crippen LogP contribution in [0.3, 0.4) is 0 Å². The molecule has 0 saturated carbocycles. The number of halogens is 1. The molecule has 0 aliphatic carbocycles. The standard InChI is InChI=1S/C12H9ClN4O3S/c1-19-6-3-4-7(8(5-6)20-2)9-10(18)17-12(15-14-9)21-11(13)16-17/h3-5H,1-2H3. The van der Waals surface area contributed by atoms with E-state index in [0.29, 0.717) is 22.0 Å². The van der Waals surface area contributed by atoms with Crippen molar-refractivity contribution in [2.24, 2.45) is 0 Å². The molecular formula is C12H9ClN4O3S. The Labute approximate surface area is 127 Å². The maximum atomic E-state index is 12.4. The van der Waals surface area contributed by atoms with Crippen molar-refractivity contribution in [1.29, 1.82) is 0 Å². The highest BCUT2D eigenvalue weighted by Gasteiger charge is 2.16. The van der Waals surface area contributed by atoms with Gasteiger partial charge in [0.1, 0.15) is 11.5 Å². The van der Waals surface area contributed by atoms with Crippen LogP contribution >= 0.6 is 22.9 Å². The van der Waals surface area contributed by atoms with Gasteiger partial charge in [-0.05, 0) is 23.7 Å². The summed E-state index contributed by atoms with van der Waals surface area (Å²) >= 11 is 6.87. The predicted molar refractivity (Wildman–Crippen MR) is 78.5 cm³/mol. The van der Waals surface area contributed by atoms with Crippen molar-refractivity contribution in [3.05, 3.63) is 33.0 Å². The number of rotatable bonds is 3. The van der Waals surface area contributed by atoms with Crippen LogP contribution in [0.4, 0.5) is 0 Å². The van der Waals surface area contributed by atoms with Gasteiger partial charge in [-0.15, -0.1) is 15.3 Å². The second-order valence-electron chi connectivity index (χ2n) is 3.97. The zero-order chi connectivity index (χ0) is 15.0. The van der Waals surface area contributed by atoms with Crippen LogP contribution in [0, 0.1) is 0 Å². The van der Waals surface area contributed by atoms with Crippen molar-refractivity contribution in [1.82, 2.24) is 19.8 Å². The molecule has 0 spiro atoms. The van der Waals surface area contributed by atoms with Gasteiger partial charge in [0, 0.05) is 6.07 Å². The molecule has 0 saturated heterocycles. The first-order valence-electron chi connectivity index (χ1n) is 5.78. The second-order valence-corrected chi connectivity index (χ2v) is 5.51. The molecule has 0 fully saturated rings. The van der Waals surface area contributed by atoms with Crippen molar-refractivity contribution in [2.75, 3.05) is 14.2 Å². The van der Waals surface area contributed by atoms with E-state index < -0.39 is 5.56 Å². The molecule has 2 heterocycles. The van der Waals surface area contributed by atoms with Crippen LogP contribution in [0.1, 0.15) is 0 Å². The van der Waals surface area contributed by atoms with Gasteiger partial charge in [0.15, 0.2) is 5.69 Å². The molecule has 0 radical (unpaired) electrons. The third kappa shape index (κ3) is 2.32. The molecule has 7 nitrogen and oxygen atoms in total. The van der Waals surface area contributed by atoms with Gasteiger partial charge >= 0.3 is 5.56 Å². The van der Waals surface area contributed by atoms with Crippen molar-refractivity contribution in [3.8, 4) is 22.8 Å². The summed E-state index contributed by atoms with van der Waals surface area (Å²) in [4.78, 5) is 12.8. The molecule has 1 aromatic carbocycles. The third-order valence-electron chi connectivity index (χ3n) is 2.83. The molecule has 0 atom stereocenters. The van der Waals surface area contributed by atoms with Gasteiger partial charge in [-0.3, -0.25) is 4.79 Å². The second kappa shape index (κ2) is 5.30. The normalized spacial score (nSPS) is 10.8. The van der Waals surface area contributed by atoms with E-state index in [9.17, 15) is 4.79 Å². The lowest BCUT2D eigenvalue weighted by Gasteiger charge is -2.08. The van der Waals surface area contributed by atoms with E-state index in [1.165, 1.54) is 7.11 Å². The van der Waals surface area contributed by atoms with E-state index in [1.807, 2.05) is 0 Å². The topological polar surface area (TPSA) is 78.6 Å². The number of ether oxygens (including phenoxy) is 2. The highest BCUT2D eigenvalue weighted by molar-refractivity contribution is 7.20. The lowest BCUT2D eigenvalue weighted by Crippen LogP contribution is -2.19. The SMILES string of the molecule is COc1ccc(-c2nnc3sc(Cl)nn3c2=O)c(OC)c1. The van der Waals surface area contributed by atoms with Gasteiger partial charge in [-0.1, -0.05) is 11.3 Å². The zero-order valence-corrected chi connectivity index (χ0v) is 12.6. The fourth-order valence-corrected chi connectivity index (χ4v) is 2.70. The monoisotopic (exact) mass is 324 g/mol. The van der Waals surface area contributed by atoms with Gasteiger partial charge in [0.05, 0.1) is 19.8 Å². The smallest absolute Gasteiger partial charge is 0.302 e. The maximum Gasteiger partial charge on any atom is 0.302 e. The summed E-state index contributed by atoms with van der Waals surface area (Å²) in [5.41, 5.74) is 0.231. The number of benzene rings is 1. The largest absolute Gasteiger partial charge is 0.497 e. The molecule has 3 rings (SSSR count). The first-order chi connectivity index (χ1) is 10.1. The Balaban J connectivity index is 2.25.